The van der Waals surface area contributed by atoms with Crippen molar-refractivity contribution >= 4 is 5.91 Å². The van der Waals surface area contributed by atoms with Crippen LogP contribution in [0.25, 0.3) is 0 Å². The average molecular weight is 294 g/mol. The average Bonchev–Trinajstić information content (AvgIpc) is 2.48. The van der Waals surface area contributed by atoms with E-state index < -0.39 is 6.61 Å². The van der Waals surface area contributed by atoms with E-state index in [0.717, 1.165) is 0 Å². The van der Waals surface area contributed by atoms with Crippen molar-refractivity contribution in [2.45, 2.75) is 6.61 Å². The highest BCUT2D eigenvalue weighted by atomic mass is 19.3. The third-order valence-electron chi connectivity index (χ3n) is 3.31. The molecule has 112 valence electrons. The first-order chi connectivity index (χ1) is 10.1. The molecular weight excluding hydrogens is 278 g/mol. The molecule has 1 heterocycles. The van der Waals surface area contributed by atoms with Crippen molar-refractivity contribution in [3.8, 4) is 18.1 Å². The molecular formula is C15H16F2N2O2. The number of hydrogen-bond acceptors (Lipinski definition) is 3. The van der Waals surface area contributed by atoms with Gasteiger partial charge in [-0.3, -0.25) is 9.69 Å². The summed E-state index contributed by atoms with van der Waals surface area (Å²) < 4.78 is 29.1. The van der Waals surface area contributed by atoms with Crippen LogP contribution in [0.4, 0.5) is 8.78 Å². The molecule has 1 aromatic carbocycles. The molecule has 1 fully saturated rings. The van der Waals surface area contributed by atoms with Crippen molar-refractivity contribution in [1.29, 1.82) is 0 Å². The predicted octanol–water partition coefficient (Wildman–Crippen LogP) is 1.68. The number of rotatable bonds is 4. The Balaban J connectivity index is 2.06. The van der Waals surface area contributed by atoms with Gasteiger partial charge in [-0.25, -0.2) is 0 Å². The summed E-state index contributed by atoms with van der Waals surface area (Å²) >= 11 is 0. The largest absolute Gasteiger partial charge is 0.434 e. The van der Waals surface area contributed by atoms with Gasteiger partial charge in [0.25, 0.3) is 5.91 Å². The van der Waals surface area contributed by atoms with Crippen molar-refractivity contribution in [2.75, 3.05) is 32.7 Å². The maximum Gasteiger partial charge on any atom is 0.387 e. The lowest BCUT2D eigenvalue weighted by atomic mass is 10.1. The number of carbonyl (C=O) groups excluding carboxylic acids is 1. The highest BCUT2D eigenvalue weighted by Crippen LogP contribution is 2.22. The Bertz CT molecular complexity index is 535. The lowest BCUT2D eigenvalue weighted by molar-refractivity contribution is -0.0503. The van der Waals surface area contributed by atoms with E-state index in [2.05, 4.69) is 15.6 Å². The Labute approximate surface area is 122 Å². The number of alkyl halides is 2. The van der Waals surface area contributed by atoms with Crippen LogP contribution in [-0.2, 0) is 0 Å². The standard InChI is InChI=1S/C15H16F2N2O2/c1-2-7-18-8-10-19(11-9-18)14(20)12-5-3-4-6-13(12)21-15(16)17/h1,3-6,15H,7-11H2. The monoisotopic (exact) mass is 294 g/mol. The fourth-order valence-electron chi connectivity index (χ4n) is 2.25. The first-order valence-electron chi connectivity index (χ1n) is 6.60. The molecule has 0 spiro atoms. The van der Waals surface area contributed by atoms with Crippen LogP contribution in [-0.4, -0.2) is 55.0 Å². The van der Waals surface area contributed by atoms with E-state index in [1.807, 2.05) is 0 Å². The molecule has 1 amide bonds. The maximum atomic E-state index is 12.4. The van der Waals surface area contributed by atoms with Crippen molar-refractivity contribution in [3.05, 3.63) is 29.8 Å². The number of terminal acetylenes is 1. The van der Waals surface area contributed by atoms with E-state index in [9.17, 15) is 13.6 Å². The molecule has 0 radical (unpaired) electrons. The van der Waals surface area contributed by atoms with Crippen LogP contribution in [0.2, 0.25) is 0 Å². The zero-order chi connectivity index (χ0) is 15.2. The number of ether oxygens (including phenoxy) is 1. The number of carbonyl (C=O) groups is 1. The zero-order valence-corrected chi connectivity index (χ0v) is 11.5. The fraction of sp³-hybridized carbons (Fsp3) is 0.400. The molecule has 0 unspecified atom stereocenters. The second-order valence-electron chi connectivity index (χ2n) is 4.65. The summed E-state index contributed by atoms with van der Waals surface area (Å²) in [6.45, 7) is -0.0201. The quantitative estimate of drug-likeness (QED) is 0.792. The summed E-state index contributed by atoms with van der Waals surface area (Å²) in [4.78, 5) is 16.1. The van der Waals surface area contributed by atoms with Gasteiger partial charge in [0.1, 0.15) is 5.75 Å². The second-order valence-corrected chi connectivity index (χ2v) is 4.65. The van der Waals surface area contributed by atoms with Gasteiger partial charge in [-0.2, -0.15) is 8.78 Å². The van der Waals surface area contributed by atoms with Gasteiger partial charge in [-0.15, -0.1) is 6.42 Å². The Morgan fingerprint density at radius 3 is 2.57 bits per heavy atom. The molecule has 0 N–H and O–H groups in total. The van der Waals surface area contributed by atoms with E-state index in [4.69, 9.17) is 6.42 Å². The summed E-state index contributed by atoms with van der Waals surface area (Å²) in [5, 5.41) is 0. The zero-order valence-electron chi connectivity index (χ0n) is 11.5. The van der Waals surface area contributed by atoms with E-state index in [-0.39, 0.29) is 17.2 Å². The van der Waals surface area contributed by atoms with Gasteiger partial charge >= 0.3 is 6.61 Å². The maximum absolute atomic E-state index is 12.4. The molecule has 0 bridgehead atoms. The Morgan fingerprint density at radius 1 is 1.29 bits per heavy atom. The van der Waals surface area contributed by atoms with Crippen molar-refractivity contribution in [2.24, 2.45) is 0 Å². The third kappa shape index (κ3) is 3.92. The van der Waals surface area contributed by atoms with Gasteiger partial charge < -0.3 is 9.64 Å². The van der Waals surface area contributed by atoms with Gasteiger partial charge in [0.15, 0.2) is 0 Å². The van der Waals surface area contributed by atoms with E-state index in [1.165, 1.54) is 12.1 Å². The number of amides is 1. The first kappa shape index (κ1) is 15.3. The topological polar surface area (TPSA) is 32.8 Å². The lowest BCUT2D eigenvalue weighted by Crippen LogP contribution is -2.48. The van der Waals surface area contributed by atoms with Crippen LogP contribution in [0.3, 0.4) is 0 Å². The number of hydrogen-bond donors (Lipinski definition) is 0. The molecule has 1 aliphatic rings. The molecule has 0 aromatic heterocycles. The lowest BCUT2D eigenvalue weighted by Gasteiger charge is -2.33. The summed E-state index contributed by atoms with van der Waals surface area (Å²) in [5.74, 6) is 2.17. The predicted molar refractivity (Wildman–Crippen MR) is 74.3 cm³/mol. The summed E-state index contributed by atoms with van der Waals surface area (Å²) in [6, 6.07) is 6.04. The molecule has 1 aliphatic heterocycles. The minimum Gasteiger partial charge on any atom is -0.434 e. The smallest absolute Gasteiger partial charge is 0.387 e. The molecule has 1 aromatic rings. The number of nitrogens with zero attached hydrogens (tertiary/aromatic N) is 2. The van der Waals surface area contributed by atoms with E-state index in [1.54, 1.807) is 17.0 Å². The Kier molecular flexibility index (Phi) is 5.12. The van der Waals surface area contributed by atoms with Crippen LogP contribution in [0, 0.1) is 12.3 Å². The number of para-hydroxylation sites is 1. The van der Waals surface area contributed by atoms with Crippen molar-refractivity contribution in [1.82, 2.24) is 9.80 Å². The molecule has 0 saturated carbocycles. The van der Waals surface area contributed by atoms with Crippen molar-refractivity contribution in [3.63, 3.8) is 0 Å². The van der Waals surface area contributed by atoms with Gasteiger partial charge in [-0.05, 0) is 12.1 Å². The van der Waals surface area contributed by atoms with Gasteiger partial charge in [0, 0.05) is 26.2 Å². The fourth-order valence-corrected chi connectivity index (χ4v) is 2.25. The molecule has 4 nitrogen and oxygen atoms in total. The van der Waals surface area contributed by atoms with Crippen LogP contribution in [0.5, 0.6) is 5.75 Å². The summed E-state index contributed by atoms with van der Waals surface area (Å²) in [7, 11) is 0. The molecule has 21 heavy (non-hydrogen) atoms. The summed E-state index contributed by atoms with van der Waals surface area (Å²) in [6.07, 6.45) is 5.25. The molecule has 6 heteroatoms. The minimum atomic E-state index is -2.95. The summed E-state index contributed by atoms with van der Waals surface area (Å²) in [5.41, 5.74) is 0.156. The van der Waals surface area contributed by atoms with Gasteiger partial charge in [0.2, 0.25) is 0 Å². The van der Waals surface area contributed by atoms with Crippen LogP contribution in [0.15, 0.2) is 24.3 Å². The Morgan fingerprint density at radius 2 is 1.95 bits per heavy atom. The number of piperazine rings is 1. The van der Waals surface area contributed by atoms with Crippen molar-refractivity contribution < 1.29 is 18.3 Å². The molecule has 2 rings (SSSR count). The third-order valence-corrected chi connectivity index (χ3v) is 3.31. The molecule has 0 aliphatic carbocycles. The highest BCUT2D eigenvalue weighted by Gasteiger charge is 2.24. The van der Waals surface area contributed by atoms with E-state index >= 15 is 0 Å². The Hall–Kier alpha value is -2.13. The van der Waals surface area contributed by atoms with Crippen LogP contribution < -0.4 is 4.74 Å². The van der Waals surface area contributed by atoms with Gasteiger partial charge in [0.05, 0.1) is 12.1 Å². The first-order valence-corrected chi connectivity index (χ1v) is 6.60. The number of benzene rings is 1. The van der Waals surface area contributed by atoms with Crippen LogP contribution in [0.1, 0.15) is 10.4 Å². The molecule has 0 atom stereocenters. The molecule has 1 saturated heterocycles. The van der Waals surface area contributed by atoms with Gasteiger partial charge in [-0.1, -0.05) is 18.1 Å². The highest BCUT2D eigenvalue weighted by molar-refractivity contribution is 5.97. The van der Waals surface area contributed by atoms with E-state index in [0.29, 0.717) is 32.7 Å². The normalized spacial score (nSPS) is 15.8. The minimum absolute atomic E-state index is 0.0939. The SMILES string of the molecule is C#CCN1CCN(C(=O)c2ccccc2OC(F)F)CC1. The van der Waals surface area contributed by atoms with Crippen LogP contribution >= 0.6 is 0 Å². The number of halogens is 2. The second kappa shape index (κ2) is 7.04.